The highest BCUT2D eigenvalue weighted by Gasteiger charge is 2.13. The molecule has 0 heterocycles. The molecule has 0 atom stereocenters. The fourth-order valence-corrected chi connectivity index (χ4v) is 1.22. The molecule has 0 spiro atoms. The van der Waals surface area contributed by atoms with Gasteiger partial charge in [-0.2, -0.15) is 0 Å². The van der Waals surface area contributed by atoms with Crippen LogP contribution in [0.3, 0.4) is 0 Å². The molecule has 0 aliphatic heterocycles. The molecule has 18 heavy (non-hydrogen) atoms. The van der Waals surface area contributed by atoms with Crippen LogP contribution in [0.5, 0.6) is 5.75 Å². The van der Waals surface area contributed by atoms with Crippen molar-refractivity contribution in [1.29, 1.82) is 0 Å². The summed E-state index contributed by atoms with van der Waals surface area (Å²) in [6.07, 6.45) is 0.480. The third-order valence-corrected chi connectivity index (χ3v) is 1.90. The van der Waals surface area contributed by atoms with Gasteiger partial charge in [-0.25, -0.2) is 0 Å². The van der Waals surface area contributed by atoms with Gasteiger partial charge in [0.25, 0.3) is 11.7 Å². The Labute approximate surface area is 104 Å². The van der Waals surface area contributed by atoms with Crippen LogP contribution in [0, 0.1) is 10.1 Å². The van der Waals surface area contributed by atoms with E-state index in [0.717, 1.165) is 6.92 Å². The molecule has 0 saturated carbocycles. The van der Waals surface area contributed by atoms with Crippen molar-refractivity contribution in [2.75, 3.05) is 13.7 Å². The fourth-order valence-electron chi connectivity index (χ4n) is 1.22. The van der Waals surface area contributed by atoms with Crippen molar-refractivity contribution in [2.24, 2.45) is 5.73 Å². The molecule has 0 saturated heterocycles. The third-order valence-electron chi connectivity index (χ3n) is 1.90. The van der Waals surface area contributed by atoms with Crippen molar-refractivity contribution in [3.63, 3.8) is 0 Å². The van der Waals surface area contributed by atoms with E-state index in [4.69, 9.17) is 20.4 Å². The van der Waals surface area contributed by atoms with Gasteiger partial charge in [0.05, 0.1) is 12.0 Å². The highest BCUT2D eigenvalue weighted by Crippen LogP contribution is 2.23. The van der Waals surface area contributed by atoms with Gasteiger partial charge >= 0.3 is 0 Å². The summed E-state index contributed by atoms with van der Waals surface area (Å²) in [6.45, 7) is 1.47. The molecule has 3 N–H and O–H groups in total. The molecule has 1 aromatic carbocycles. The van der Waals surface area contributed by atoms with Crippen LogP contribution < -0.4 is 10.5 Å². The Morgan fingerprint density at radius 3 is 2.50 bits per heavy atom. The first-order valence-electron chi connectivity index (χ1n) is 5.13. The van der Waals surface area contributed by atoms with Gasteiger partial charge in [0, 0.05) is 18.6 Å². The number of ether oxygens (including phenoxy) is 1. The number of benzene rings is 1. The van der Waals surface area contributed by atoms with Crippen LogP contribution in [-0.4, -0.2) is 29.7 Å². The number of rotatable bonds is 4. The van der Waals surface area contributed by atoms with Gasteiger partial charge in [0.1, 0.15) is 5.75 Å². The minimum Gasteiger partial charge on any atom is -0.497 e. The average Bonchev–Trinajstić information content (AvgIpc) is 2.28. The van der Waals surface area contributed by atoms with Crippen LogP contribution in [0.4, 0.5) is 5.69 Å². The first kappa shape index (κ1) is 15.9. The predicted molar refractivity (Wildman–Crippen MR) is 65.7 cm³/mol. The summed E-state index contributed by atoms with van der Waals surface area (Å²) < 4.78 is 4.97. The molecule has 1 rings (SSSR count). The van der Waals surface area contributed by atoms with Gasteiger partial charge in [0.15, 0.2) is 0 Å². The van der Waals surface area contributed by atoms with Crippen molar-refractivity contribution in [2.45, 2.75) is 13.3 Å². The van der Waals surface area contributed by atoms with E-state index < -0.39 is 10.9 Å². The molecule has 0 fully saturated rings. The van der Waals surface area contributed by atoms with Gasteiger partial charge in [0.2, 0.25) is 0 Å². The predicted octanol–water partition coefficient (Wildman–Crippen LogP) is 1.20. The van der Waals surface area contributed by atoms with Crippen LogP contribution in [0.2, 0.25) is 0 Å². The molecular weight excluding hydrogens is 240 g/mol. The molecule has 7 nitrogen and oxygen atoms in total. The largest absolute Gasteiger partial charge is 0.497 e. The number of nitrogens with two attached hydrogens (primary N) is 1. The Morgan fingerprint density at radius 2 is 2.11 bits per heavy atom. The number of nitro benzene ring substituents is 1. The quantitative estimate of drug-likeness (QED) is 0.617. The maximum Gasteiger partial charge on any atom is 0.300 e. The zero-order chi connectivity index (χ0) is 14.1. The maximum absolute atomic E-state index is 10.6. The van der Waals surface area contributed by atoms with Gasteiger partial charge in [-0.1, -0.05) is 0 Å². The summed E-state index contributed by atoms with van der Waals surface area (Å²) in [5, 5.41) is 18.0. The lowest BCUT2D eigenvalue weighted by Crippen LogP contribution is -2.05. The number of carboxylic acids is 1. The minimum atomic E-state index is -0.833. The smallest absolute Gasteiger partial charge is 0.300 e. The van der Waals surface area contributed by atoms with E-state index >= 15 is 0 Å². The molecule has 0 amide bonds. The van der Waals surface area contributed by atoms with Gasteiger partial charge in [-0.05, 0) is 25.1 Å². The molecule has 0 aromatic heterocycles. The number of carboxylic acid groups (broad SMARTS) is 1. The van der Waals surface area contributed by atoms with E-state index in [-0.39, 0.29) is 5.69 Å². The van der Waals surface area contributed by atoms with E-state index in [1.807, 2.05) is 0 Å². The molecule has 7 heteroatoms. The van der Waals surface area contributed by atoms with Crippen LogP contribution in [0.25, 0.3) is 0 Å². The average molecular weight is 256 g/mol. The molecule has 0 radical (unpaired) electrons. The molecular formula is C11H16N2O5. The van der Waals surface area contributed by atoms with E-state index in [0.29, 0.717) is 24.3 Å². The second-order valence-corrected chi connectivity index (χ2v) is 3.31. The van der Waals surface area contributed by atoms with E-state index in [1.54, 1.807) is 12.1 Å². The van der Waals surface area contributed by atoms with Crippen LogP contribution in [0.1, 0.15) is 12.5 Å². The number of hydrogen-bond donors (Lipinski definition) is 2. The zero-order valence-corrected chi connectivity index (χ0v) is 10.3. The topological polar surface area (TPSA) is 116 Å². The zero-order valence-electron chi connectivity index (χ0n) is 10.3. The molecule has 0 unspecified atom stereocenters. The first-order chi connectivity index (χ1) is 8.42. The van der Waals surface area contributed by atoms with Crippen molar-refractivity contribution >= 4 is 11.7 Å². The molecule has 0 aliphatic carbocycles. The Hall–Kier alpha value is -2.15. The number of nitrogens with zero attached hydrogens (tertiary/aromatic N) is 1. The Bertz CT molecular complexity index is 416. The number of aliphatic carboxylic acids is 1. The minimum absolute atomic E-state index is 0.0938. The molecule has 1 aromatic rings. The summed E-state index contributed by atoms with van der Waals surface area (Å²) in [6, 6.07) is 4.65. The highest BCUT2D eigenvalue weighted by atomic mass is 16.6. The van der Waals surface area contributed by atoms with E-state index in [9.17, 15) is 10.1 Å². The number of hydrogen-bond acceptors (Lipinski definition) is 5. The fraction of sp³-hybridized carbons (Fsp3) is 0.364. The second-order valence-electron chi connectivity index (χ2n) is 3.31. The monoisotopic (exact) mass is 256 g/mol. The van der Waals surface area contributed by atoms with Crippen LogP contribution >= 0.6 is 0 Å². The maximum atomic E-state index is 10.6. The standard InChI is InChI=1S/C9H12N2O3.C2H4O2/c1-14-8-2-3-9(11(12)13)7(6-8)4-5-10;1-2(3)4/h2-3,6H,4-5,10H2,1H3;1H3,(H,3,4). The van der Waals surface area contributed by atoms with Gasteiger partial charge in [-0.15, -0.1) is 0 Å². The summed E-state index contributed by atoms with van der Waals surface area (Å²) in [7, 11) is 1.52. The third kappa shape index (κ3) is 5.80. The summed E-state index contributed by atoms with van der Waals surface area (Å²) in [4.78, 5) is 19.2. The lowest BCUT2D eigenvalue weighted by molar-refractivity contribution is -0.385. The molecule has 0 bridgehead atoms. The summed E-state index contributed by atoms with van der Waals surface area (Å²) in [5.74, 6) is -0.223. The Morgan fingerprint density at radius 1 is 1.56 bits per heavy atom. The van der Waals surface area contributed by atoms with Crippen molar-refractivity contribution in [3.8, 4) is 5.75 Å². The van der Waals surface area contributed by atoms with Crippen molar-refractivity contribution in [1.82, 2.24) is 0 Å². The number of carbonyl (C=O) groups is 1. The summed E-state index contributed by atoms with van der Waals surface area (Å²) >= 11 is 0. The Kier molecular flexibility index (Phi) is 7.06. The van der Waals surface area contributed by atoms with Crippen LogP contribution in [-0.2, 0) is 11.2 Å². The SMILES string of the molecule is CC(=O)O.COc1ccc([N+](=O)[O-])c(CCN)c1. The Balaban J connectivity index is 0.000000631. The highest BCUT2D eigenvalue weighted by molar-refractivity contribution is 5.62. The van der Waals surface area contributed by atoms with E-state index in [1.165, 1.54) is 13.2 Å². The van der Waals surface area contributed by atoms with Crippen molar-refractivity contribution < 1.29 is 19.6 Å². The normalized spacial score (nSPS) is 9.06. The lowest BCUT2D eigenvalue weighted by atomic mass is 10.1. The first-order valence-corrected chi connectivity index (χ1v) is 5.13. The number of methoxy groups -OCH3 is 1. The second kappa shape index (κ2) is 8.02. The number of nitro groups is 1. The van der Waals surface area contributed by atoms with E-state index in [2.05, 4.69) is 0 Å². The molecule has 0 aliphatic rings. The lowest BCUT2D eigenvalue weighted by Gasteiger charge is -2.04. The van der Waals surface area contributed by atoms with Crippen molar-refractivity contribution in [3.05, 3.63) is 33.9 Å². The van der Waals surface area contributed by atoms with Gasteiger partial charge in [-0.3, -0.25) is 14.9 Å². The van der Waals surface area contributed by atoms with Crippen LogP contribution in [0.15, 0.2) is 18.2 Å². The van der Waals surface area contributed by atoms with Gasteiger partial charge < -0.3 is 15.6 Å². The summed E-state index contributed by atoms with van der Waals surface area (Å²) in [5.41, 5.74) is 6.06. The molecule has 100 valence electrons.